The summed E-state index contributed by atoms with van der Waals surface area (Å²) in [5, 5.41) is 2.30. The average molecular weight is 154 g/mol. The molecule has 2 heteroatoms. The van der Waals surface area contributed by atoms with E-state index in [1.807, 2.05) is 6.08 Å². The molecule has 0 aromatic carbocycles. The van der Waals surface area contributed by atoms with Gasteiger partial charge in [0.05, 0.1) is 0 Å². The van der Waals surface area contributed by atoms with Gasteiger partial charge in [0, 0.05) is 19.1 Å². The Hall–Kier alpha value is -0.340. The van der Waals surface area contributed by atoms with Crippen molar-refractivity contribution in [2.24, 2.45) is 0 Å². The molecule has 1 heterocycles. The molecule has 0 radical (unpaired) electrons. The first-order valence-electron chi connectivity index (χ1n) is 4.46. The third kappa shape index (κ3) is 3.04. The number of hydrazine groups is 1. The lowest BCUT2D eigenvalue weighted by Gasteiger charge is -2.29. The summed E-state index contributed by atoms with van der Waals surface area (Å²) in [4.78, 5) is 0. The van der Waals surface area contributed by atoms with Crippen molar-refractivity contribution in [1.29, 1.82) is 0 Å². The predicted molar refractivity (Wildman–Crippen MR) is 48.2 cm³/mol. The van der Waals surface area contributed by atoms with Crippen LogP contribution < -0.4 is 5.43 Å². The van der Waals surface area contributed by atoms with Gasteiger partial charge < -0.3 is 0 Å². The van der Waals surface area contributed by atoms with Crippen LogP contribution in [-0.2, 0) is 0 Å². The van der Waals surface area contributed by atoms with E-state index in [0.29, 0.717) is 6.04 Å². The van der Waals surface area contributed by atoms with E-state index in [2.05, 4.69) is 23.9 Å². The molecule has 1 aliphatic rings. The van der Waals surface area contributed by atoms with Gasteiger partial charge in [0.15, 0.2) is 0 Å². The van der Waals surface area contributed by atoms with E-state index in [0.717, 1.165) is 0 Å². The molecule has 0 aromatic heterocycles. The van der Waals surface area contributed by atoms with E-state index < -0.39 is 0 Å². The lowest BCUT2D eigenvalue weighted by molar-refractivity contribution is 0.144. The molecule has 1 fully saturated rings. The van der Waals surface area contributed by atoms with Crippen molar-refractivity contribution in [3.63, 3.8) is 0 Å². The first kappa shape index (κ1) is 8.75. The highest BCUT2D eigenvalue weighted by Crippen LogP contribution is 2.06. The molecule has 0 saturated carbocycles. The zero-order valence-electron chi connectivity index (χ0n) is 7.34. The Labute approximate surface area is 69.2 Å². The highest BCUT2D eigenvalue weighted by Gasteiger charge is 2.09. The van der Waals surface area contributed by atoms with Crippen LogP contribution in [0.15, 0.2) is 12.7 Å². The van der Waals surface area contributed by atoms with Crippen molar-refractivity contribution in [2.75, 3.05) is 13.1 Å². The molecule has 2 nitrogen and oxygen atoms in total. The maximum atomic E-state index is 3.74. The number of hydrogen-bond donors (Lipinski definition) is 1. The zero-order valence-corrected chi connectivity index (χ0v) is 7.34. The molecular weight excluding hydrogens is 136 g/mol. The topological polar surface area (TPSA) is 15.3 Å². The van der Waals surface area contributed by atoms with Crippen molar-refractivity contribution in [3.8, 4) is 0 Å². The first-order valence-corrected chi connectivity index (χ1v) is 4.46. The molecule has 0 aromatic rings. The third-order valence-electron chi connectivity index (χ3n) is 2.10. The fourth-order valence-electron chi connectivity index (χ4n) is 1.36. The maximum Gasteiger partial charge on any atom is 0.0364 e. The minimum atomic E-state index is 0.410. The van der Waals surface area contributed by atoms with Gasteiger partial charge in [-0.1, -0.05) is 12.5 Å². The van der Waals surface area contributed by atoms with Gasteiger partial charge in [-0.25, -0.2) is 10.4 Å². The quantitative estimate of drug-likeness (QED) is 0.620. The van der Waals surface area contributed by atoms with Gasteiger partial charge in [0.25, 0.3) is 0 Å². The fourth-order valence-corrected chi connectivity index (χ4v) is 1.36. The average Bonchev–Trinajstić information content (AvgIpc) is 2.06. The second-order valence-corrected chi connectivity index (χ2v) is 3.20. The molecule has 0 amide bonds. The molecule has 1 atom stereocenters. The molecule has 1 saturated heterocycles. The van der Waals surface area contributed by atoms with E-state index in [-0.39, 0.29) is 0 Å². The molecule has 64 valence electrons. The van der Waals surface area contributed by atoms with E-state index in [1.54, 1.807) is 0 Å². The van der Waals surface area contributed by atoms with Gasteiger partial charge in [0.1, 0.15) is 0 Å². The number of piperidine rings is 1. The Balaban J connectivity index is 2.18. The fraction of sp³-hybridized carbons (Fsp3) is 0.778. The Morgan fingerprint density at radius 3 is 2.55 bits per heavy atom. The highest BCUT2D eigenvalue weighted by molar-refractivity contribution is 4.80. The number of nitrogens with one attached hydrogen (secondary N) is 1. The molecule has 1 N–H and O–H groups in total. The second kappa shape index (κ2) is 4.52. The van der Waals surface area contributed by atoms with Crippen LogP contribution in [0.5, 0.6) is 0 Å². The summed E-state index contributed by atoms with van der Waals surface area (Å²) in [7, 11) is 0. The standard InChI is InChI=1S/C9H18N2/c1-3-9(2)10-11-7-5-4-6-8-11/h3,9-10H,1,4-8H2,2H3. The van der Waals surface area contributed by atoms with Gasteiger partial charge in [-0.15, -0.1) is 6.58 Å². The minimum Gasteiger partial charge on any atom is -0.249 e. The van der Waals surface area contributed by atoms with Crippen LogP contribution in [0.2, 0.25) is 0 Å². The summed E-state index contributed by atoms with van der Waals surface area (Å²) in [5.41, 5.74) is 3.38. The van der Waals surface area contributed by atoms with Gasteiger partial charge in [-0.2, -0.15) is 0 Å². The normalized spacial score (nSPS) is 23.0. The monoisotopic (exact) mass is 154 g/mol. The van der Waals surface area contributed by atoms with Gasteiger partial charge in [0.2, 0.25) is 0 Å². The first-order chi connectivity index (χ1) is 5.33. The molecule has 1 aliphatic heterocycles. The molecule has 0 bridgehead atoms. The smallest absolute Gasteiger partial charge is 0.0364 e. The minimum absolute atomic E-state index is 0.410. The van der Waals surface area contributed by atoms with Gasteiger partial charge in [-0.3, -0.25) is 0 Å². The van der Waals surface area contributed by atoms with Crippen LogP contribution in [0.25, 0.3) is 0 Å². The maximum absolute atomic E-state index is 3.74. The van der Waals surface area contributed by atoms with Crippen LogP contribution in [0.3, 0.4) is 0 Å². The predicted octanol–water partition coefficient (Wildman–Crippen LogP) is 1.55. The van der Waals surface area contributed by atoms with Gasteiger partial charge >= 0.3 is 0 Å². The van der Waals surface area contributed by atoms with E-state index in [1.165, 1.54) is 32.4 Å². The lowest BCUT2D eigenvalue weighted by atomic mass is 10.2. The van der Waals surface area contributed by atoms with Crippen molar-refractivity contribution in [3.05, 3.63) is 12.7 Å². The van der Waals surface area contributed by atoms with Crippen molar-refractivity contribution < 1.29 is 0 Å². The molecule has 1 unspecified atom stereocenters. The summed E-state index contributed by atoms with van der Waals surface area (Å²) in [5.74, 6) is 0. The molecule has 0 aliphatic carbocycles. The van der Waals surface area contributed by atoms with Crippen LogP contribution in [0.1, 0.15) is 26.2 Å². The summed E-state index contributed by atoms with van der Waals surface area (Å²) in [6.07, 6.45) is 5.99. The number of hydrogen-bond acceptors (Lipinski definition) is 2. The van der Waals surface area contributed by atoms with Crippen LogP contribution in [-0.4, -0.2) is 24.1 Å². The number of nitrogens with zero attached hydrogens (tertiary/aromatic N) is 1. The summed E-state index contributed by atoms with van der Waals surface area (Å²) >= 11 is 0. The molecule has 0 spiro atoms. The van der Waals surface area contributed by atoms with Crippen molar-refractivity contribution in [2.45, 2.75) is 32.2 Å². The Morgan fingerprint density at radius 1 is 1.36 bits per heavy atom. The van der Waals surface area contributed by atoms with Crippen LogP contribution in [0, 0.1) is 0 Å². The molecule has 1 rings (SSSR count). The lowest BCUT2D eigenvalue weighted by Crippen LogP contribution is -2.45. The summed E-state index contributed by atoms with van der Waals surface area (Å²) in [6.45, 7) is 8.25. The van der Waals surface area contributed by atoms with Gasteiger partial charge in [-0.05, 0) is 19.8 Å². The van der Waals surface area contributed by atoms with Crippen LogP contribution in [0.4, 0.5) is 0 Å². The largest absolute Gasteiger partial charge is 0.249 e. The number of rotatable bonds is 3. The summed E-state index contributed by atoms with van der Waals surface area (Å²) < 4.78 is 0. The van der Waals surface area contributed by atoms with Crippen LogP contribution >= 0.6 is 0 Å². The summed E-state index contributed by atoms with van der Waals surface area (Å²) in [6, 6.07) is 0.410. The zero-order chi connectivity index (χ0) is 8.10. The highest BCUT2D eigenvalue weighted by atomic mass is 15.5. The van der Waals surface area contributed by atoms with E-state index >= 15 is 0 Å². The third-order valence-corrected chi connectivity index (χ3v) is 2.10. The van der Waals surface area contributed by atoms with E-state index in [9.17, 15) is 0 Å². The SMILES string of the molecule is C=CC(C)NN1CCCCC1. The van der Waals surface area contributed by atoms with E-state index in [4.69, 9.17) is 0 Å². The Morgan fingerprint density at radius 2 is 2.00 bits per heavy atom. The molecular formula is C9H18N2. The Kier molecular flexibility index (Phi) is 3.60. The second-order valence-electron chi connectivity index (χ2n) is 3.20. The molecule has 11 heavy (non-hydrogen) atoms. The van der Waals surface area contributed by atoms with Crippen molar-refractivity contribution >= 4 is 0 Å². The Bertz CT molecular complexity index is 117. The van der Waals surface area contributed by atoms with Crippen molar-refractivity contribution in [1.82, 2.24) is 10.4 Å².